The summed E-state index contributed by atoms with van der Waals surface area (Å²) >= 11 is 0. The minimum Gasteiger partial charge on any atom is -0.507 e. The number of anilines is 2. The van der Waals surface area contributed by atoms with Gasteiger partial charge in [-0.1, -0.05) is 12.1 Å². The molecule has 7 rings (SSSR count). The van der Waals surface area contributed by atoms with Gasteiger partial charge in [0.05, 0.1) is 66.7 Å². The third-order valence-corrected chi connectivity index (χ3v) is 8.07. The van der Waals surface area contributed by atoms with Crippen molar-refractivity contribution in [2.24, 2.45) is 0 Å². The average molecular weight is 611 g/mol. The predicted octanol–water partition coefficient (Wildman–Crippen LogP) is 4.84. The summed E-state index contributed by atoms with van der Waals surface area (Å²) in [6.07, 6.45) is 3.13. The van der Waals surface area contributed by atoms with Crippen LogP contribution in [0.25, 0.3) is 21.8 Å². The van der Waals surface area contributed by atoms with Gasteiger partial charge in [0, 0.05) is 49.7 Å². The maximum atomic E-state index is 10.1. The first kappa shape index (κ1) is 30.3. The van der Waals surface area contributed by atoms with Crippen LogP contribution in [0.4, 0.5) is 11.4 Å². The molecule has 0 unspecified atom stereocenters. The molecule has 0 atom stereocenters. The summed E-state index contributed by atoms with van der Waals surface area (Å²) in [7, 11) is 1.66. The number of aryl methyl sites for hydroxylation is 2. The van der Waals surface area contributed by atoms with Crippen LogP contribution in [0.2, 0.25) is 0 Å². The molecule has 0 radical (unpaired) electrons. The number of phenols is 1. The number of nitrogens with zero attached hydrogens (tertiary/aromatic N) is 6. The molecule has 3 aromatic carbocycles. The highest BCUT2D eigenvalue weighted by atomic mass is 16.5. The summed E-state index contributed by atoms with van der Waals surface area (Å²) < 4.78 is 22.2. The van der Waals surface area contributed by atoms with Crippen molar-refractivity contribution < 1.29 is 24.1 Å². The first-order valence-electron chi connectivity index (χ1n) is 15.1. The van der Waals surface area contributed by atoms with Gasteiger partial charge in [-0.2, -0.15) is 0 Å². The minimum absolute atomic E-state index is 0.243. The smallest absolute Gasteiger partial charge is 0.133 e. The third kappa shape index (κ3) is 7.00. The Hall–Kier alpha value is -4.74. The van der Waals surface area contributed by atoms with E-state index in [1.54, 1.807) is 19.5 Å². The van der Waals surface area contributed by atoms with Crippen molar-refractivity contribution in [2.75, 3.05) is 69.5 Å². The fraction of sp³-hybridized carbons (Fsp3) is 0.353. The molecule has 11 nitrogen and oxygen atoms in total. The van der Waals surface area contributed by atoms with E-state index < -0.39 is 0 Å². The molecule has 0 aliphatic carbocycles. The van der Waals surface area contributed by atoms with Gasteiger partial charge in [-0.05, 0) is 43.7 Å². The summed E-state index contributed by atoms with van der Waals surface area (Å²) in [4.78, 5) is 21.7. The van der Waals surface area contributed by atoms with E-state index in [1.807, 2.05) is 44.2 Å². The summed E-state index contributed by atoms with van der Waals surface area (Å²) in [5, 5.41) is 11.8. The van der Waals surface area contributed by atoms with Crippen LogP contribution in [0.5, 0.6) is 17.2 Å². The second kappa shape index (κ2) is 13.9. The molecule has 234 valence electrons. The van der Waals surface area contributed by atoms with Crippen LogP contribution < -0.4 is 19.3 Å². The highest BCUT2D eigenvalue weighted by Gasteiger charge is 2.17. The summed E-state index contributed by atoms with van der Waals surface area (Å²) in [5.74, 6) is 1.89. The van der Waals surface area contributed by atoms with Crippen molar-refractivity contribution in [1.82, 2.24) is 19.9 Å². The average Bonchev–Trinajstić information content (AvgIpc) is 3.08. The quantitative estimate of drug-likeness (QED) is 0.285. The largest absolute Gasteiger partial charge is 0.507 e. The second-order valence-electron chi connectivity index (χ2n) is 11.0. The SMILES string of the molecule is COc1ccc(COc2cc(N3CCOCC3)cc3ncnc(C)c23)cc1.Cc1ncnc2cc(N3CCOCC3)cc(O)c12. The molecule has 0 amide bonds. The van der Waals surface area contributed by atoms with E-state index >= 15 is 0 Å². The molecular formula is C34H38N6O5. The number of fused-ring (bicyclic) bond motifs is 2. The number of aromatic hydroxyl groups is 1. The van der Waals surface area contributed by atoms with Gasteiger partial charge >= 0.3 is 0 Å². The standard InChI is InChI=1S/C21H23N3O3.C13H15N3O2/c1-15-21-19(23-14-22-15)11-17(24-7-9-26-10-8-24)12-20(21)27-13-16-3-5-18(25-2)6-4-16;1-9-13-11(15-8-14-9)6-10(7-12(13)17)16-2-4-18-5-3-16/h3-6,11-12,14H,7-10,13H2,1-2H3;6-8,17H,2-5H2,1H3. The van der Waals surface area contributed by atoms with Gasteiger partial charge in [0.25, 0.3) is 0 Å². The molecule has 0 saturated carbocycles. The monoisotopic (exact) mass is 610 g/mol. The van der Waals surface area contributed by atoms with Gasteiger partial charge in [0.1, 0.15) is 36.5 Å². The summed E-state index contributed by atoms with van der Waals surface area (Å²) in [6, 6.07) is 15.9. The summed E-state index contributed by atoms with van der Waals surface area (Å²) in [6.45, 7) is 10.7. The van der Waals surface area contributed by atoms with E-state index in [0.717, 1.165) is 114 Å². The number of methoxy groups -OCH3 is 1. The zero-order valence-electron chi connectivity index (χ0n) is 25.9. The van der Waals surface area contributed by atoms with E-state index in [-0.39, 0.29) is 5.75 Å². The zero-order valence-corrected chi connectivity index (χ0v) is 25.9. The van der Waals surface area contributed by atoms with Crippen LogP contribution in [0.3, 0.4) is 0 Å². The third-order valence-electron chi connectivity index (χ3n) is 8.07. The number of morpholine rings is 2. The highest BCUT2D eigenvalue weighted by molar-refractivity contribution is 5.91. The molecule has 5 aromatic rings. The Balaban J connectivity index is 0.000000172. The van der Waals surface area contributed by atoms with Crippen molar-refractivity contribution in [1.29, 1.82) is 0 Å². The van der Waals surface area contributed by atoms with Crippen LogP contribution in [-0.4, -0.2) is 84.8 Å². The lowest BCUT2D eigenvalue weighted by Crippen LogP contribution is -2.36. The number of hydrogen-bond donors (Lipinski definition) is 1. The van der Waals surface area contributed by atoms with Crippen molar-refractivity contribution in [2.45, 2.75) is 20.5 Å². The van der Waals surface area contributed by atoms with Crippen LogP contribution in [0.1, 0.15) is 17.0 Å². The lowest BCUT2D eigenvalue weighted by atomic mass is 10.1. The lowest BCUT2D eigenvalue weighted by Gasteiger charge is -2.29. The van der Waals surface area contributed by atoms with Crippen LogP contribution in [0.15, 0.2) is 61.2 Å². The summed E-state index contributed by atoms with van der Waals surface area (Å²) in [5.41, 5.74) is 6.56. The van der Waals surface area contributed by atoms with Gasteiger partial charge in [0.15, 0.2) is 0 Å². The predicted molar refractivity (Wildman–Crippen MR) is 174 cm³/mol. The normalized spacial score (nSPS) is 15.1. The molecular weight excluding hydrogens is 572 g/mol. The minimum atomic E-state index is 0.243. The molecule has 2 aromatic heterocycles. The van der Waals surface area contributed by atoms with E-state index in [1.165, 1.54) is 6.33 Å². The van der Waals surface area contributed by atoms with Crippen LogP contribution in [-0.2, 0) is 16.1 Å². The van der Waals surface area contributed by atoms with Crippen molar-refractivity contribution in [3.8, 4) is 17.2 Å². The fourth-order valence-electron chi connectivity index (χ4n) is 5.61. The van der Waals surface area contributed by atoms with Crippen molar-refractivity contribution in [3.63, 3.8) is 0 Å². The number of aromatic nitrogens is 4. The van der Waals surface area contributed by atoms with Crippen LogP contribution in [0, 0.1) is 13.8 Å². The number of rotatable bonds is 6. The van der Waals surface area contributed by atoms with Gasteiger partial charge < -0.3 is 33.9 Å². The number of benzene rings is 3. The number of ether oxygens (including phenoxy) is 4. The van der Waals surface area contributed by atoms with Crippen molar-refractivity contribution >= 4 is 33.2 Å². The Kier molecular flexibility index (Phi) is 9.37. The maximum absolute atomic E-state index is 10.1. The van der Waals surface area contributed by atoms with Gasteiger partial charge in [0.2, 0.25) is 0 Å². The van der Waals surface area contributed by atoms with Gasteiger partial charge in [-0.3, -0.25) is 0 Å². The second-order valence-corrected chi connectivity index (χ2v) is 11.0. The Morgan fingerprint density at radius 1 is 0.711 bits per heavy atom. The Labute approximate surface area is 262 Å². The molecule has 2 fully saturated rings. The Morgan fingerprint density at radius 2 is 1.24 bits per heavy atom. The molecule has 45 heavy (non-hydrogen) atoms. The Morgan fingerprint density at radius 3 is 1.82 bits per heavy atom. The molecule has 4 heterocycles. The van der Waals surface area contributed by atoms with Crippen LogP contribution >= 0.6 is 0 Å². The highest BCUT2D eigenvalue weighted by Crippen LogP contribution is 2.34. The van der Waals surface area contributed by atoms with E-state index in [9.17, 15) is 5.11 Å². The fourth-order valence-corrected chi connectivity index (χ4v) is 5.61. The first-order chi connectivity index (χ1) is 22.0. The molecule has 11 heteroatoms. The number of hydrogen-bond acceptors (Lipinski definition) is 11. The zero-order chi connectivity index (χ0) is 31.2. The van der Waals surface area contributed by atoms with E-state index in [0.29, 0.717) is 6.61 Å². The van der Waals surface area contributed by atoms with Gasteiger partial charge in [-0.15, -0.1) is 0 Å². The van der Waals surface area contributed by atoms with E-state index in [4.69, 9.17) is 18.9 Å². The molecule has 2 aliphatic heterocycles. The Bertz CT molecular complexity index is 1750. The number of phenolic OH excluding ortho intramolecular Hbond substituents is 1. The lowest BCUT2D eigenvalue weighted by molar-refractivity contribution is 0.122. The topological polar surface area (TPSA) is 115 Å². The molecule has 0 bridgehead atoms. The van der Waals surface area contributed by atoms with Crippen molar-refractivity contribution in [3.05, 3.63) is 78.1 Å². The van der Waals surface area contributed by atoms with Gasteiger partial charge in [-0.25, -0.2) is 19.9 Å². The maximum Gasteiger partial charge on any atom is 0.133 e. The molecule has 2 saturated heterocycles. The molecule has 1 N–H and O–H groups in total. The first-order valence-corrected chi connectivity index (χ1v) is 15.1. The molecule has 2 aliphatic rings. The molecule has 0 spiro atoms. The van der Waals surface area contributed by atoms with E-state index in [2.05, 4.69) is 41.9 Å².